The predicted molar refractivity (Wildman–Crippen MR) is 51.6 cm³/mol. The van der Waals surface area contributed by atoms with Crippen molar-refractivity contribution >= 4 is 16.8 Å². The van der Waals surface area contributed by atoms with Crippen LogP contribution in [0.1, 0.15) is 0 Å². The van der Waals surface area contributed by atoms with E-state index in [0.29, 0.717) is 11.6 Å². The minimum Gasteiger partial charge on any atom is -0.318 e. The molecule has 0 fully saturated rings. The van der Waals surface area contributed by atoms with Gasteiger partial charge in [0.1, 0.15) is 5.04 Å². The lowest BCUT2D eigenvalue weighted by atomic mass is 10.6. The number of rotatable bonds is 5. The molecular formula is C6H13N3O2S. The van der Waals surface area contributed by atoms with Crippen molar-refractivity contribution in [2.45, 2.75) is 0 Å². The van der Waals surface area contributed by atoms with E-state index in [9.17, 15) is 10.1 Å². The number of hydrogen-bond donors (Lipinski definition) is 1. The molecule has 6 heteroatoms. The van der Waals surface area contributed by atoms with Crippen molar-refractivity contribution in [3.05, 3.63) is 10.1 Å². The van der Waals surface area contributed by atoms with Crippen LogP contribution in [-0.4, -0.2) is 42.9 Å². The highest BCUT2D eigenvalue weighted by molar-refractivity contribution is 8.13. The van der Waals surface area contributed by atoms with Gasteiger partial charge < -0.3 is 5.32 Å². The van der Waals surface area contributed by atoms with Crippen molar-refractivity contribution in [1.29, 1.82) is 0 Å². The highest BCUT2D eigenvalue weighted by atomic mass is 32.2. The van der Waals surface area contributed by atoms with E-state index >= 15 is 0 Å². The van der Waals surface area contributed by atoms with Crippen LogP contribution in [0.25, 0.3) is 0 Å². The van der Waals surface area contributed by atoms with Crippen molar-refractivity contribution in [2.75, 3.05) is 32.9 Å². The van der Waals surface area contributed by atoms with Gasteiger partial charge >= 0.3 is 0 Å². The van der Waals surface area contributed by atoms with Crippen molar-refractivity contribution < 1.29 is 4.92 Å². The Morgan fingerprint density at radius 2 is 2.42 bits per heavy atom. The lowest BCUT2D eigenvalue weighted by molar-refractivity contribution is -0.462. The molecule has 1 N–H and O–H groups in total. The Morgan fingerprint density at radius 3 is 2.83 bits per heavy atom. The van der Waals surface area contributed by atoms with E-state index in [-0.39, 0.29) is 11.5 Å². The second-order valence-corrected chi connectivity index (χ2v) is 2.95. The summed E-state index contributed by atoms with van der Waals surface area (Å²) in [5.41, 5.74) is 0. The summed E-state index contributed by atoms with van der Waals surface area (Å²) in [5.74, 6) is 0. The van der Waals surface area contributed by atoms with Crippen LogP contribution in [-0.2, 0) is 0 Å². The fourth-order valence-electron chi connectivity index (χ4n) is 0.582. The first-order valence-electron chi connectivity index (χ1n) is 3.54. The van der Waals surface area contributed by atoms with Gasteiger partial charge in [0.05, 0.1) is 6.54 Å². The van der Waals surface area contributed by atoms with Gasteiger partial charge in [0.15, 0.2) is 0 Å². The third-order valence-electron chi connectivity index (χ3n) is 1.15. The fourth-order valence-corrected chi connectivity index (χ4v) is 1.04. The van der Waals surface area contributed by atoms with Gasteiger partial charge in [-0.05, 0) is 13.3 Å². The second kappa shape index (κ2) is 7.05. The SMILES string of the molecule is CNCCN=C(C[N+](=O)[O-])SC. The molecule has 0 radical (unpaired) electrons. The summed E-state index contributed by atoms with van der Waals surface area (Å²) >= 11 is 1.33. The minimum absolute atomic E-state index is 0.162. The van der Waals surface area contributed by atoms with E-state index in [1.54, 1.807) is 6.26 Å². The summed E-state index contributed by atoms with van der Waals surface area (Å²) in [4.78, 5) is 13.8. The van der Waals surface area contributed by atoms with Crippen LogP contribution in [0.4, 0.5) is 0 Å². The zero-order valence-corrected chi connectivity index (χ0v) is 8.06. The van der Waals surface area contributed by atoms with Gasteiger partial charge in [-0.1, -0.05) is 0 Å². The predicted octanol–water partition coefficient (Wildman–Crippen LogP) is 0.244. The third-order valence-corrected chi connectivity index (χ3v) is 1.88. The molecule has 12 heavy (non-hydrogen) atoms. The molecule has 0 aliphatic carbocycles. The molecule has 0 aliphatic rings. The largest absolute Gasteiger partial charge is 0.318 e. The maximum absolute atomic E-state index is 10.1. The average molecular weight is 191 g/mol. The zero-order valence-electron chi connectivity index (χ0n) is 7.24. The molecule has 0 amide bonds. The van der Waals surface area contributed by atoms with Crippen LogP contribution in [0, 0.1) is 10.1 Å². The molecule has 70 valence electrons. The number of likely N-dealkylation sites (N-methyl/N-ethyl adjacent to an activating group) is 1. The van der Waals surface area contributed by atoms with Crippen molar-refractivity contribution in [2.24, 2.45) is 4.99 Å². The number of nitrogens with zero attached hydrogens (tertiary/aromatic N) is 2. The monoisotopic (exact) mass is 191 g/mol. The molecule has 5 nitrogen and oxygen atoms in total. The molecule has 0 rings (SSSR count). The van der Waals surface area contributed by atoms with E-state index in [1.807, 2.05) is 7.05 Å². The summed E-state index contributed by atoms with van der Waals surface area (Å²) < 4.78 is 0. The first-order chi connectivity index (χ1) is 5.70. The standard InChI is InChI=1S/C6H13N3O2S/c1-7-3-4-8-6(12-2)5-9(10)11/h7H,3-5H2,1-2H3. The minimum atomic E-state index is -0.366. The topological polar surface area (TPSA) is 67.5 Å². The Morgan fingerprint density at radius 1 is 1.75 bits per heavy atom. The Hall–Kier alpha value is -0.620. The molecule has 0 heterocycles. The maximum atomic E-state index is 10.1. The van der Waals surface area contributed by atoms with E-state index in [2.05, 4.69) is 10.3 Å². The van der Waals surface area contributed by atoms with Crippen molar-refractivity contribution in [3.63, 3.8) is 0 Å². The van der Waals surface area contributed by atoms with Gasteiger partial charge in [-0.2, -0.15) is 0 Å². The molecule has 0 saturated carbocycles. The molecular weight excluding hydrogens is 178 g/mol. The summed E-state index contributed by atoms with van der Waals surface area (Å²) in [7, 11) is 1.82. The number of nitro groups is 1. The van der Waals surface area contributed by atoms with Gasteiger partial charge in [0, 0.05) is 11.5 Å². The van der Waals surface area contributed by atoms with Gasteiger partial charge in [0.25, 0.3) is 6.54 Å². The number of thioether (sulfide) groups is 1. The average Bonchev–Trinajstić information content (AvgIpc) is 2.02. The number of nitrogens with one attached hydrogen (secondary N) is 1. The number of aliphatic imine (C=N–C) groups is 1. The normalized spacial score (nSPS) is 11.7. The third kappa shape index (κ3) is 6.11. The first kappa shape index (κ1) is 11.4. The lowest BCUT2D eigenvalue weighted by Crippen LogP contribution is -2.15. The summed E-state index contributed by atoms with van der Waals surface area (Å²) in [6.07, 6.45) is 1.79. The fraction of sp³-hybridized carbons (Fsp3) is 0.833. The van der Waals surface area contributed by atoms with E-state index in [0.717, 1.165) is 6.54 Å². The molecule has 0 unspecified atom stereocenters. The molecule has 0 aliphatic heterocycles. The highest BCUT2D eigenvalue weighted by Gasteiger charge is 2.04. The van der Waals surface area contributed by atoms with Crippen LogP contribution in [0.15, 0.2) is 4.99 Å². The smallest absolute Gasteiger partial charge is 0.250 e. The second-order valence-electron chi connectivity index (χ2n) is 2.07. The van der Waals surface area contributed by atoms with E-state index in [1.165, 1.54) is 11.8 Å². The van der Waals surface area contributed by atoms with E-state index in [4.69, 9.17) is 0 Å². The Balaban J connectivity index is 3.78. The van der Waals surface area contributed by atoms with Crippen molar-refractivity contribution in [1.82, 2.24) is 5.32 Å². The molecule has 0 aromatic heterocycles. The molecule has 0 aromatic carbocycles. The maximum Gasteiger partial charge on any atom is 0.250 e. The number of hydrogen-bond acceptors (Lipinski definition) is 5. The van der Waals surface area contributed by atoms with Crippen LogP contribution in [0.5, 0.6) is 0 Å². The first-order valence-corrected chi connectivity index (χ1v) is 4.77. The van der Waals surface area contributed by atoms with Crippen molar-refractivity contribution in [3.8, 4) is 0 Å². The van der Waals surface area contributed by atoms with Crippen LogP contribution in [0.3, 0.4) is 0 Å². The van der Waals surface area contributed by atoms with E-state index < -0.39 is 0 Å². The Bertz CT molecular complexity index is 172. The van der Waals surface area contributed by atoms with Gasteiger partial charge in [0.2, 0.25) is 0 Å². The Labute approximate surface area is 75.8 Å². The summed E-state index contributed by atoms with van der Waals surface area (Å²) in [6, 6.07) is 0. The summed E-state index contributed by atoms with van der Waals surface area (Å²) in [6.45, 7) is 1.19. The molecule has 0 saturated heterocycles. The molecule has 0 spiro atoms. The summed E-state index contributed by atoms with van der Waals surface area (Å²) in [5, 5.41) is 13.6. The zero-order chi connectivity index (χ0) is 9.40. The lowest BCUT2D eigenvalue weighted by Gasteiger charge is -1.97. The highest BCUT2D eigenvalue weighted by Crippen LogP contribution is 1.98. The van der Waals surface area contributed by atoms with Gasteiger partial charge in [-0.25, -0.2) is 0 Å². The molecule has 0 bridgehead atoms. The van der Waals surface area contributed by atoms with Gasteiger partial charge in [-0.15, -0.1) is 11.8 Å². The van der Waals surface area contributed by atoms with Crippen LogP contribution in [0.2, 0.25) is 0 Å². The van der Waals surface area contributed by atoms with Crippen LogP contribution >= 0.6 is 11.8 Å². The quantitative estimate of drug-likeness (QED) is 0.222. The molecule has 0 atom stereocenters. The van der Waals surface area contributed by atoms with Gasteiger partial charge in [-0.3, -0.25) is 15.1 Å². The van der Waals surface area contributed by atoms with Crippen LogP contribution < -0.4 is 5.32 Å². The Kier molecular flexibility index (Phi) is 6.69. The molecule has 0 aromatic rings.